The Morgan fingerprint density at radius 1 is 0.982 bits per heavy atom. The van der Waals surface area contributed by atoms with Crippen molar-refractivity contribution >= 4 is 67.6 Å². The molecule has 7 heterocycles. The molecule has 1 unspecified atom stereocenters. The van der Waals surface area contributed by atoms with Gasteiger partial charge >= 0.3 is 0 Å². The van der Waals surface area contributed by atoms with Crippen molar-refractivity contribution in [1.82, 2.24) is 30.3 Å². The predicted molar refractivity (Wildman–Crippen MR) is 210 cm³/mol. The first-order valence-corrected chi connectivity index (χ1v) is 19.9. The maximum atomic E-state index is 13.4. The molecule has 4 aliphatic heterocycles. The second kappa shape index (κ2) is 14.2. The highest BCUT2D eigenvalue weighted by Gasteiger charge is 2.39. The Morgan fingerprint density at radius 2 is 1.80 bits per heavy atom. The number of anilines is 3. The smallest absolute Gasteiger partial charge is 0.255 e. The van der Waals surface area contributed by atoms with E-state index in [0.717, 1.165) is 102 Å². The SMILES string of the molecule is CC(C)Nc1c(-c2nnc(N3CCN(CC4CCN(c5ccc6c(c5)C(=O)N(C5CCC(=O)NC5=O)C6)CC4)CC3)s2)cnc2c1oc1cc(C#N)ccc12. The molecule has 0 bridgehead atoms. The molecule has 2 aromatic carbocycles. The standard InChI is InChI=1S/C40H42N10O4S/c1-23(2)43-35-30(20-42-34-28-6-3-25(19-41)17-32(28)54-36(34)35)38-45-46-40(55-38)49-15-13-47(14-16-49)21-24-9-11-48(12-10-24)27-5-4-26-22-50(39(53)29(26)18-27)31-7-8-33(51)44-37(31)52/h3-6,17-18,20,23-24,31H,7-16,21-22H2,1-2H3,(H,42,43)(H,44,51,52). The number of nitriles is 1. The quantitative estimate of drug-likeness (QED) is 0.204. The molecule has 14 nitrogen and oxygen atoms in total. The molecular formula is C40H42N10O4S. The normalized spacial score (nSPS) is 19.8. The minimum atomic E-state index is -0.598. The van der Waals surface area contributed by atoms with Gasteiger partial charge in [0.25, 0.3) is 5.91 Å². The van der Waals surface area contributed by atoms with Gasteiger partial charge in [-0.15, -0.1) is 10.2 Å². The number of piperazine rings is 1. The third kappa shape index (κ3) is 6.63. The second-order valence-electron chi connectivity index (χ2n) is 15.3. The van der Waals surface area contributed by atoms with Crippen LogP contribution in [0.5, 0.6) is 0 Å². The van der Waals surface area contributed by atoms with Crippen LogP contribution in [0.3, 0.4) is 0 Å². The summed E-state index contributed by atoms with van der Waals surface area (Å²) in [6, 6.07) is 13.3. The number of pyridine rings is 1. The molecule has 1 atom stereocenters. The van der Waals surface area contributed by atoms with Gasteiger partial charge in [0.15, 0.2) is 10.6 Å². The van der Waals surface area contributed by atoms with Gasteiger partial charge in [0.1, 0.15) is 17.1 Å². The first-order chi connectivity index (χ1) is 26.7. The van der Waals surface area contributed by atoms with Crippen molar-refractivity contribution in [2.24, 2.45) is 5.92 Å². The second-order valence-corrected chi connectivity index (χ2v) is 16.3. The number of fused-ring (bicyclic) bond motifs is 4. The third-order valence-electron chi connectivity index (χ3n) is 11.3. The summed E-state index contributed by atoms with van der Waals surface area (Å²) in [7, 11) is 0. The van der Waals surface area contributed by atoms with Gasteiger partial charge in [-0.3, -0.25) is 29.6 Å². The summed E-state index contributed by atoms with van der Waals surface area (Å²) in [6.45, 7) is 11.2. The molecule has 55 heavy (non-hydrogen) atoms. The molecule has 0 spiro atoms. The monoisotopic (exact) mass is 758 g/mol. The van der Waals surface area contributed by atoms with Crippen molar-refractivity contribution in [3.63, 3.8) is 0 Å². The Bertz CT molecular complexity index is 2370. The molecular weight excluding hydrogens is 717 g/mol. The molecule has 9 rings (SSSR count). The number of benzene rings is 2. The van der Waals surface area contributed by atoms with Crippen molar-refractivity contribution in [3.05, 3.63) is 59.3 Å². The highest BCUT2D eigenvalue weighted by atomic mass is 32.1. The highest BCUT2D eigenvalue weighted by Crippen LogP contribution is 2.41. The fourth-order valence-corrected chi connectivity index (χ4v) is 9.33. The van der Waals surface area contributed by atoms with Gasteiger partial charge in [0, 0.05) is 87.7 Å². The van der Waals surface area contributed by atoms with E-state index in [0.29, 0.717) is 41.2 Å². The maximum Gasteiger partial charge on any atom is 0.255 e. The fourth-order valence-electron chi connectivity index (χ4n) is 8.41. The summed E-state index contributed by atoms with van der Waals surface area (Å²) in [5.74, 6) is -0.181. The van der Waals surface area contributed by atoms with Crippen LogP contribution in [-0.2, 0) is 16.1 Å². The van der Waals surface area contributed by atoms with Crippen LogP contribution >= 0.6 is 11.3 Å². The summed E-state index contributed by atoms with van der Waals surface area (Å²) in [5.41, 5.74) is 6.88. The van der Waals surface area contributed by atoms with Gasteiger partial charge in [-0.1, -0.05) is 17.4 Å². The fraction of sp³-hybridized carbons (Fsp3) is 0.425. The highest BCUT2D eigenvalue weighted by molar-refractivity contribution is 7.18. The molecule has 5 aromatic rings. The van der Waals surface area contributed by atoms with Crippen molar-refractivity contribution in [2.45, 2.75) is 58.2 Å². The summed E-state index contributed by atoms with van der Waals surface area (Å²) >= 11 is 1.57. The lowest BCUT2D eigenvalue weighted by Crippen LogP contribution is -2.52. The van der Waals surface area contributed by atoms with Crippen LogP contribution in [0.4, 0.5) is 16.5 Å². The topological polar surface area (TPSA) is 164 Å². The Kier molecular flexibility index (Phi) is 9.10. The zero-order valence-corrected chi connectivity index (χ0v) is 31.7. The minimum absolute atomic E-state index is 0.129. The van der Waals surface area contributed by atoms with Gasteiger partial charge in [0.2, 0.25) is 16.9 Å². The summed E-state index contributed by atoms with van der Waals surface area (Å²) in [5, 5.41) is 27.1. The number of furan rings is 1. The van der Waals surface area contributed by atoms with E-state index in [4.69, 9.17) is 9.40 Å². The van der Waals surface area contributed by atoms with E-state index in [1.165, 1.54) is 0 Å². The molecule has 4 aliphatic rings. The van der Waals surface area contributed by atoms with Gasteiger partial charge in [-0.25, -0.2) is 0 Å². The first kappa shape index (κ1) is 35.1. The van der Waals surface area contributed by atoms with Crippen LogP contribution in [0.15, 0.2) is 47.0 Å². The van der Waals surface area contributed by atoms with Gasteiger partial charge in [-0.2, -0.15) is 5.26 Å². The number of rotatable bonds is 8. The Balaban J connectivity index is 0.801. The zero-order chi connectivity index (χ0) is 37.8. The van der Waals surface area contributed by atoms with Crippen molar-refractivity contribution in [2.75, 3.05) is 60.9 Å². The maximum absolute atomic E-state index is 13.4. The lowest BCUT2D eigenvalue weighted by Gasteiger charge is -2.39. The minimum Gasteiger partial charge on any atom is -0.452 e. The number of imide groups is 1. The molecule has 0 radical (unpaired) electrons. The lowest BCUT2D eigenvalue weighted by atomic mass is 9.95. The number of aromatic nitrogens is 3. The molecule has 3 fully saturated rings. The average molecular weight is 759 g/mol. The van der Waals surface area contributed by atoms with E-state index in [1.807, 2.05) is 24.4 Å². The van der Waals surface area contributed by atoms with E-state index in [1.54, 1.807) is 28.4 Å². The first-order valence-electron chi connectivity index (χ1n) is 19.1. The average Bonchev–Trinajstić information content (AvgIpc) is 3.91. The molecule has 3 aromatic heterocycles. The van der Waals surface area contributed by atoms with Crippen molar-refractivity contribution < 1.29 is 18.8 Å². The third-order valence-corrected chi connectivity index (χ3v) is 12.4. The van der Waals surface area contributed by atoms with Crippen LogP contribution in [0.25, 0.3) is 32.6 Å². The number of carbonyl (C=O) groups is 3. The van der Waals surface area contributed by atoms with Crippen LogP contribution in [-0.4, -0.2) is 101 Å². The number of hydrogen-bond donors (Lipinski definition) is 2. The summed E-state index contributed by atoms with van der Waals surface area (Å²) < 4.78 is 6.29. The molecule has 2 N–H and O–H groups in total. The molecule has 3 amide bonds. The molecule has 282 valence electrons. The van der Waals surface area contributed by atoms with Crippen LogP contribution in [0, 0.1) is 17.2 Å². The van der Waals surface area contributed by atoms with Crippen LogP contribution in [0.1, 0.15) is 61.0 Å². The zero-order valence-electron chi connectivity index (χ0n) is 30.9. The van der Waals surface area contributed by atoms with Gasteiger partial charge < -0.3 is 24.4 Å². The molecule has 15 heteroatoms. The summed E-state index contributed by atoms with van der Waals surface area (Å²) in [6.07, 6.45) is 4.64. The number of piperidine rings is 2. The van der Waals surface area contributed by atoms with Crippen molar-refractivity contribution in [1.29, 1.82) is 5.26 Å². The van der Waals surface area contributed by atoms with E-state index in [9.17, 15) is 19.6 Å². The van der Waals surface area contributed by atoms with E-state index < -0.39 is 6.04 Å². The van der Waals surface area contributed by atoms with E-state index in [2.05, 4.69) is 61.5 Å². The number of amides is 3. The Hall–Kier alpha value is -5.59. The molecule has 0 aliphatic carbocycles. The Morgan fingerprint density at radius 3 is 2.56 bits per heavy atom. The molecule has 0 saturated carbocycles. The predicted octanol–water partition coefficient (Wildman–Crippen LogP) is 4.99. The van der Waals surface area contributed by atoms with Crippen molar-refractivity contribution in [3.8, 4) is 16.6 Å². The number of nitrogens with one attached hydrogen (secondary N) is 2. The van der Waals surface area contributed by atoms with Crippen LogP contribution in [0.2, 0.25) is 0 Å². The van der Waals surface area contributed by atoms with Gasteiger partial charge in [0.05, 0.1) is 22.9 Å². The van der Waals surface area contributed by atoms with E-state index in [-0.39, 0.29) is 30.2 Å². The lowest BCUT2D eigenvalue weighted by molar-refractivity contribution is -0.136. The largest absolute Gasteiger partial charge is 0.452 e. The molecule has 3 saturated heterocycles. The number of nitrogens with zero attached hydrogens (tertiary/aromatic N) is 8. The van der Waals surface area contributed by atoms with Gasteiger partial charge in [-0.05, 0) is 74.9 Å². The van der Waals surface area contributed by atoms with E-state index >= 15 is 0 Å². The Labute approximate surface area is 322 Å². The summed E-state index contributed by atoms with van der Waals surface area (Å²) in [4.78, 5) is 51.1. The number of hydrogen-bond acceptors (Lipinski definition) is 13. The number of carbonyl (C=O) groups excluding carboxylic acids is 3. The van der Waals surface area contributed by atoms with Crippen LogP contribution < -0.4 is 20.4 Å².